The van der Waals surface area contributed by atoms with Crippen LogP contribution in [-0.4, -0.2) is 22.1 Å². The molecule has 2 saturated carbocycles. The van der Waals surface area contributed by atoms with Gasteiger partial charge in [-0.3, -0.25) is 4.79 Å². The van der Waals surface area contributed by atoms with E-state index < -0.39 is 0 Å². The summed E-state index contributed by atoms with van der Waals surface area (Å²) < 4.78 is 4.75. The number of hydrogen-bond acceptors (Lipinski definition) is 5. The van der Waals surface area contributed by atoms with Gasteiger partial charge in [-0.1, -0.05) is 11.6 Å². The van der Waals surface area contributed by atoms with E-state index in [-0.39, 0.29) is 30.3 Å². The lowest BCUT2D eigenvalue weighted by molar-refractivity contribution is -0.122. The summed E-state index contributed by atoms with van der Waals surface area (Å²) >= 11 is 0. The quantitative estimate of drug-likeness (QED) is 0.874. The van der Waals surface area contributed by atoms with E-state index in [1.165, 1.54) is 25.7 Å². The molecule has 0 radical (unpaired) electrons. The molecule has 1 aromatic heterocycles. The molecule has 2 unspecified atom stereocenters. The van der Waals surface area contributed by atoms with Crippen molar-refractivity contribution in [2.75, 3.05) is 5.32 Å². The number of halogens is 1. The van der Waals surface area contributed by atoms with E-state index in [1.807, 2.05) is 24.3 Å². The largest absolute Gasteiger partial charge is 0.342 e. The lowest BCUT2D eigenvalue weighted by Crippen LogP contribution is -2.48. The Labute approximate surface area is 153 Å². The molecule has 0 saturated heterocycles. The molecule has 6 nitrogen and oxygen atoms in total. The first kappa shape index (κ1) is 17.9. The molecule has 1 heterocycles. The van der Waals surface area contributed by atoms with Crippen molar-refractivity contribution < 1.29 is 9.32 Å². The van der Waals surface area contributed by atoms with Crippen LogP contribution in [0.3, 0.4) is 0 Å². The van der Waals surface area contributed by atoms with Crippen molar-refractivity contribution in [1.82, 2.24) is 10.1 Å². The van der Waals surface area contributed by atoms with Crippen LogP contribution in [0.1, 0.15) is 32.1 Å². The summed E-state index contributed by atoms with van der Waals surface area (Å²) in [5, 5.41) is 6.85. The van der Waals surface area contributed by atoms with Crippen LogP contribution in [0.25, 0.3) is 11.4 Å². The lowest BCUT2D eigenvalue weighted by Gasteiger charge is -2.43. The maximum absolute atomic E-state index is 12.6. The molecular formula is C18H23ClN4O2. The van der Waals surface area contributed by atoms with Gasteiger partial charge in [0.1, 0.15) is 0 Å². The molecule has 2 aliphatic carbocycles. The first-order chi connectivity index (χ1) is 11.7. The number of carbonyl (C=O) groups is 1. The summed E-state index contributed by atoms with van der Waals surface area (Å²) in [6.45, 7) is 0. The second-order valence-corrected chi connectivity index (χ2v) is 7.02. The van der Waals surface area contributed by atoms with Crippen LogP contribution in [0.4, 0.5) is 5.69 Å². The zero-order valence-electron chi connectivity index (χ0n) is 13.9. The predicted molar refractivity (Wildman–Crippen MR) is 97.1 cm³/mol. The highest BCUT2D eigenvalue weighted by Crippen LogP contribution is 2.42. The average molecular weight is 363 g/mol. The lowest BCUT2D eigenvalue weighted by atomic mass is 9.65. The number of nitrogens with zero attached hydrogens (tertiary/aromatic N) is 2. The SMILES string of the molecule is Cl.NC1C2CCCC1CC(C(=O)Nc1ccc(-c3ncon3)cc1)C2. The molecule has 0 aliphatic heterocycles. The minimum atomic E-state index is 0. The average Bonchev–Trinajstić information content (AvgIpc) is 3.09. The van der Waals surface area contributed by atoms with Crippen molar-refractivity contribution in [3.05, 3.63) is 30.7 Å². The fourth-order valence-corrected chi connectivity index (χ4v) is 4.25. The van der Waals surface area contributed by atoms with Crippen LogP contribution in [0, 0.1) is 17.8 Å². The monoisotopic (exact) mass is 362 g/mol. The molecule has 3 N–H and O–H groups in total. The fourth-order valence-electron chi connectivity index (χ4n) is 4.25. The Hall–Kier alpha value is -1.92. The van der Waals surface area contributed by atoms with Gasteiger partial charge in [-0.2, -0.15) is 4.98 Å². The third kappa shape index (κ3) is 3.70. The van der Waals surface area contributed by atoms with Gasteiger partial charge in [0.15, 0.2) is 0 Å². The van der Waals surface area contributed by atoms with Gasteiger partial charge in [-0.05, 0) is 61.8 Å². The number of carbonyl (C=O) groups excluding carboxylic acids is 1. The molecule has 1 amide bonds. The Bertz CT molecular complexity index is 690. The third-order valence-electron chi connectivity index (χ3n) is 5.56. The van der Waals surface area contributed by atoms with Crippen molar-refractivity contribution >= 4 is 24.0 Å². The van der Waals surface area contributed by atoms with Crippen molar-refractivity contribution in [1.29, 1.82) is 0 Å². The first-order valence-corrected chi connectivity index (χ1v) is 8.64. The summed E-state index contributed by atoms with van der Waals surface area (Å²) in [6, 6.07) is 7.80. The van der Waals surface area contributed by atoms with E-state index in [2.05, 4.69) is 15.5 Å². The maximum atomic E-state index is 12.6. The smallest absolute Gasteiger partial charge is 0.227 e. The Morgan fingerprint density at radius 1 is 1.16 bits per heavy atom. The Morgan fingerprint density at radius 2 is 1.84 bits per heavy atom. The number of aromatic nitrogens is 2. The highest BCUT2D eigenvalue weighted by molar-refractivity contribution is 5.92. The molecule has 134 valence electrons. The van der Waals surface area contributed by atoms with Crippen LogP contribution in [0.2, 0.25) is 0 Å². The number of anilines is 1. The predicted octanol–water partition coefficient (Wildman–Crippen LogP) is 3.25. The van der Waals surface area contributed by atoms with Crippen LogP contribution in [-0.2, 0) is 4.79 Å². The van der Waals surface area contributed by atoms with E-state index >= 15 is 0 Å². The van der Waals surface area contributed by atoms with Gasteiger partial charge in [0.25, 0.3) is 0 Å². The van der Waals surface area contributed by atoms with Gasteiger partial charge < -0.3 is 15.6 Å². The normalized spacial score (nSPS) is 28.0. The van der Waals surface area contributed by atoms with E-state index in [4.69, 9.17) is 10.3 Å². The van der Waals surface area contributed by atoms with Crippen molar-refractivity contribution in [3.63, 3.8) is 0 Å². The summed E-state index contributed by atoms with van der Waals surface area (Å²) in [5.41, 5.74) is 7.97. The number of amides is 1. The third-order valence-corrected chi connectivity index (χ3v) is 5.56. The Balaban J connectivity index is 0.00000182. The molecule has 25 heavy (non-hydrogen) atoms. The number of benzene rings is 1. The van der Waals surface area contributed by atoms with Crippen LogP contribution in [0.5, 0.6) is 0 Å². The number of fused-ring (bicyclic) bond motifs is 2. The standard InChI is InChI=1S/C18H22N4O2.ClH/c19-16-12-2-1-3-13(16)9-14(8-12)18(23)21-15-6-4-11(5-7-15)17-20-10-24-22-17;/h4-7,10,12-14,16H,1-3,8-9,19H2,(H,21,23);1H. The van der Waals surface area contributed by atoms with Gasteiger partial charge in [0.05, 0.1) is 0 Å². The molecule has 2 aromatic rings. The molecule has 2 fully saturated rings. The molecule has 2 aliphatic rings. The highest BCUT2D eigenvalue weighted by atomic mass is 35.5. The van der Waals surface area contributed by atoms with Gasteiger partial charge >= 0.3 is 0 Å². The summed E-state index contributed by atoms with van der Waals surface area (Å²) in [4.78, 5) is 16.6. The molecule has 2 atom stereocenters. The maximum Gasteiger partial charge on any atom is 0.227 e. The highest BCUT2D eigenvalue weighted by Gasteiger charge is 2.40. The van der Waals surface area contributed by atoms with Crippen LogP contribution >= 0.6 is 12.4 Å². The van der Waals surface area contributed by atoms with Crippen LogP contribution in [0.15, 0.2) is 35.2 Å². The van der Waals surface area contributed by atoms with E-state index in [0.717, 1.165) is 24.1 Å². The number of rotatable bonds is 3. The zero-order chi connectivity index (χ0) is 16.5. The molecular weight excluding hydrogens is 340 g/mol. The molecule has 4 rings (SSSR count). The minimum absolute atomic E-state index is 0. The van der Waals surface area contributed by atoms with Crippen molar-refractivity contribution in [2.45, 2.75) is 38.1 Å². The van der Waals surface area contributed by atoms with E-state index in [1.54, 1.807) is 0 Å². The minimum Gasteiger partial charge on any atom is -0.342 e. The molecule has 2 bridgehead atoms. The van der Waals surface area contributed by atoms with Crippen molar-refractivity contribution in [3.8, 4) is 11.4 Å². The summed E-state index contributed by atoms with van der Waals surface area (Å²) in [7, 11) is 0. The topological polar surface area (TPSA) is 94.0 Å². The van der Waals surface area contributed by atoms with E-state index in [0.29, 0.717) is 17.7 Å². The summed E-state index contributed by atoms with van der Waals surface area (Å²) in [6.07, 6.45) is 6.74. The molecule has 7 heteroatoms. The van der Waals surface area contributed by atoms with Gasteiger partial charge in [0.2, 0.25) is 18.1 Å². The van der Waals surface area contributed by atoms with Gasteiger partial charge in [-0.25, -0.2) is 0 Å². The second kappa shape index (κ2) is 7.54. The summed E-state index contributed by atoms with van der Waals surface area (Å²) in [5.74, 6) is 1.76. The fraction of sp³-hybridized carbons (Fsp3) is 0.500. The molecule has 1 aromatic carbocycles. The number of nitrogens with one attached hydrogen (secondary N) is 1. The van der Waals surface area contributed by atoms with Gasteiger partial charge in [0, 0.05) is 23.2 Å². The Morgan fingerprint density at radius 3 is 2.44 bits per heavy atom. The van der Waals surface area contributed by atoms with Crippen LogP contribution < -0.4 is 11.1 Å². The number of nitrogens with two attached hydrogens (primary N) is 1. The zero-order valence-corrected chi connectivity index (χ0v) is 14.7. The second-order valence-electron chi connectivity index (χ2n) is 7.02. The Kier molecular flexibility index (Phi) is 5.39. The van der Waals surface area contributed by atoms with Crippen molar-refractivity contribution in [2.24, 2.45) is 23.5 Å². The first-order valence-electron chi connectivity index (χ1n) is 8.64. The van der Waals surface area contributed by atoms with E-state index in [9.17, 15) is 4.79 Å². The number of hydrogen-bond donors (Lipinski definition) is 2. The van der Waals surface area contributed by atoms with Gasteiger partial charge in [-0.15, -0.1) is 12.4 Å². The molecule has 0 spiro atoms.